The first kappa shape index (κ1) is 12.8. The van der Waals surface area contributed by atoms with E-state index in [1.807, 2.05) is 5.38 Å². The molecule has 2 aromatic rings. The Labute approximate surface area is 110 Å². The molecule has 1 aromatic heterocycles. The summed E-state index contributed by atoms with van der Waals surface area (Å²) >= 11 is 1.60. The van der Waals surface area contributed by atoms with Crippen molar-refractivity contribution < 1.29 is 9.90 Å². The minimum absolute atomic E-state index is 0.147. The molecule has 1 N–H and O–H groups in total. The molecule has 0 radical (unpaired) electrons. The minimum atomic E-state index is -0.775. The van der Waals surface area contributed by atoms with Gasteiger partial charge in [-0.15, -0.1) is 11.3 Å². The van der Waals surface area contributed by atoms with Gasteiger partial charge in [0, 0.05) is 18.2 Å². The van der Waals surface area contributed by atoms with Crippen LogP contribution in [0.2, 0.25) is 0 Å². The van der Waals surface area contributed by atoms with Crippen LogP contribution in [0.3, 0.4) is 0 Å². The molecule has 2 rings (SSSR count). The van der Waals surface area contributed by atoms with Crippen molar-refractivity contribution in [1.29, 1.82) is 0 Å². The van der Waals surface area contributed by atoms with E-state index < -0.39 is 5.97 Å². The van der Waals surface area contributed by atoms with Crippen LogP contribution in [0.5, 0.6) is 0 Å². The predicted octanol–water partition coefficient (Wildman–Crippen LogP) is 3.06. The fourth-order valence-electron chi connectivity index (χ4n) is 1.66. The summed E-state index contributed by atoms with van der Waals surface area (Å²) in [5.74, 6) is -0.775. The van der Waals surface area contributed by atoms with E-state index in [1.165, 1.54) is 11.1 Å². The molecule has 0 saturated heterocycles. The summed E-state index contributed by atoms with van der Waals surface area (Å²) in [5.41, 5.74) is 3.37. The maximum atomic E-state index is 10.5. The normalized spacial score (nSPS) is 10.5. The molecular formula is C14H15NO2S. The third-order valence-electron chi connectivity index (χ3n) is 2.67. The zero-order valence-electron chi connectivity index (χ0n) is 10.2. The summed E-state index contributed by atoms with van der Waals surface area (Å²) in [6.07, 6.45) is 1.48. The molecule has 0 aliphatic rings. The van der Waals surface area contributed by atoms with Gasteiger partial charge in [0.2, 0.25) is 0 Å². The molecule has 1 aromatic carbocycles. The van der Waals surface area contributed by atoms with Crippen LogP contribution < -0.4 is 0 Å². The van der Waals surface area contributed by atoms with Crippen molar-refractivity contribution in [3.63, 3.8) is 0 Å². The van der Waals surface area contributed by atoms with Gasteiger partial charge in [0.05, 0.1) is 17.1 Å². The smallest absolute Gasteiger partial charge is 0.303 e. The molecule has 0 amide bonds. The van der Waals surface area contributed by atoms with Crippen molar-refractivity contribution in [3.05, 3.63) is 51.5 Å². The molecule has 18 heavy (non-hydrogen) atoms. The molecule has 94 valence electrons. The van der Waals surface area contributed by atoms with Gasteiger partial charge >= 0.3 is 5.97 Å². The fourth-order valence-corrected chi connectivity index (χ4v) is 2.52. The number of aromatic nitrogens is 1. The van der Waals surface area contributed by atoms with Crippen LogP contribution in [0.4, 0.5) is 0 Å². The van der Waals surface area contributed by atoms with Gasteiger partial charge in [0.1, 0.15) is 0 Å². The molecule has 0 saturated carbocycles. The largest absolute Gasteiger partial charge is 0.481 e. The van der Waals surface area contributed by atoms with Gasteiger partial charge in [-0.2, -0.15) is 0 Å². The summed E-state index contributed by atoms with van der Waals surface area (Å²) in [6.45, 7) is 2.07. The number of hydrogen-bond acceptors (Lipinski definition) is 3. The number of aliphatic carboxylic acids is 1. The first-order valence-electron chi connectivity index (χ1n) is 5.84. The van der Waals surface area contributed by atoms with Crippen molar-refractivity contribution in [2.75, 3.05) is 0 Å². The van der Waals surface area contributed by atoms with Crippen LogP contribution in [0.25, 0.3) is 0 Å². The van der Waals surface area contributed by atoms with E-state index in [9.17, 15) is 4.79 Å². The van der Waals surface area contributed by atoms with E-state index in [2.05, 4.69) is 36.2 Å². The van der Waals surface area contributed by atoms with Gasteiger partial charge in [-0.1, -0.05) is 29.8 Å². The predicted molar refractivity (Wildman–Crippen MR) is 72.1 cm³/mol. The molecule has 0 fully saturated rings. The van der Waals surface area contributed by atoms with Gasteiger partial charge in [0.15, 0.2) is 0 Å². The van der Waals surface area contributed by atoms with E-state index in [-0.39, 0.29) is 6.42 Å². The Balaban J connectivity index is 1.97. The Kier molecular flexibility index (Phi) is 4.10. The number of carboxylic acid groups (broad SMARTS) is 1. The monoisotopic (exact) mass is 261 g/mol. The SMILES string of the molecule is Cc1ccc(Cc2nc(CCC(=O)O)cs2)cc1. The van der Waals surface area contributed by atoms with E-state index in [4.69, 9.17) is 5.11 Å². The number of carbonyl (C=O) groups is 1. The lowest BCUT2D eigenvalue weighted by Gasteiger charge is -1.98. The molecular weight excluding hydrogens is 246 g/mol. The van der Waals surface area contributed by atoms with Crippen LogP contribution in [0.1, 0.15) is 28.2 Å². The van der Waals surface area contributed by atoms with Gasteiger partial charge in [-0.25, -0.2) is 4.98 Å². The zero-order chi connectivity index (χ0) is 13.0. The van der Waals surface area contributed by atoms with Gasteiger partial charge in [0.25, 0.3) is 0 Å². The third-order valence-corrected chi connectivity index (χ3v) is 3.57. The minimum Gasteiger partial charge on any atom is -0.481 e. The van der Waals surface area contributed by atoms with Crippen LogP contribution in [-0.2, 0) is 17.6 Å². The summed E-state index contributed by atoms with van der Waals surface area (Å²) in [6, 6.07) is 8.39. The van der Waals surface area contributed by atoms with Crippen LogP contribution in [0, 0.1) is 6.92 Å². The quantitative estimate of drug-likeness (QED) is 0.900. The summed E-state index contributed by atoms with van der Waals surface area (Å²) in [7, 11) is 0. The Morgan fingerprint density at radius 1 is 1.33 bits per heavy atom. The molecule has 0 aliphatic heterocycles. The standard InChI is InChI=1S/C14H15NO2S/c1-10-2-4-11(5-3-10)8-13-15-12(9-18-13)6-7-14(16)17/h2-5,9H,6-8H2,1H3,(H,16,17). The first-order valence-corrected chi connectivity index (χ1v) is 6.72. The summed E-state index contributed by atoms with van der Waals surface area (Å²) in [4.78, 5) is 14.9. The summed E-state index contributed by atoms with van der Waals surface area (Å²) < 4.78 is 0. The lowest BCUT2D eigenvalue weighted by atomic mass is 10.1. The van der Waals surface area contributed by atoms with E-state index in [0.717, 1.165) is 17.1 Å². The van der Waals surface area contributed by atoms with Crippen LogP contribution in [0.15, 0.2) is 29.6 Å². The van der Waals surface area contributed by atoms with E-state index >= 15 is 0 Å². The molecule has 3 nitrogen and oxygen atoms in total. The Bertz CT molecular complexity index is 531. The van der Waals surface area contributed by atoms with E-state index in [0.29, 0.717) is 6.42 Å². The molecule has 0 aliphatic carbocycles. The molecule has 0 atom stereocenters. The second kappa shape index (κ2) is 5.78. The highest BCUT2D eigenvalue weighted by Crippen LogP contribution is 2.16. The number of rotatable bonds is 5. The Morgan fingerprint density at radius 2 is 2.06 bits per heavy atom. The number of aryl methyl sites for hydroxylation is 2. The molecule has 0 unspecified atom stereocenters. The van der Waals surface area contributed by atoms with Crippen molar-refractivity contribution in [3.8, 4) is 0 Å². The molecule has 4 heteroatoms. The van der Waals surface area contributed by atoms with Crippen molar-refractivity contribution in [1.82, 2.24) is 4.98 Å². The number of benzene rings is 1. The number of thiazole rings is 1. The number of hydrogen-bond donors (Lipinski definition) is 1. The topological polar surface area (TPSA) is 50.2 Å². The average molecular weight is 261 g/mol. The molecule has 0 bridgehead atoms. The molecule has 1 heterocycles. The summed E-state index contributed by atoms with van der Waals surface area (Å²) in [5, 5.41) is 11.6. The fraction of sp³-hybridized carbons (Fsp3) is 0.286. The van der Waals surface area contributed by atoms with E-state index in [1.54, 1.807) is 11.3 Å². The average Bonchev–Trinajstić information content (AvgIpc) is 2.77. The lowest BCUT2D eigenvalue weighted by molar-refractivity contribution is -0.136. The maximum absolute atomic E-state index is 10.5. The second-order valence-corrected chi connectivity index (χ2v) is 5.23. The maximum Gasteiger partial charge on any atom is 0.303 e. The highest BCUT2D eigenvalue weighted by molar-refractivity contribution is 7.09. The van der Waals surface area contributed by atoms with Crippen LogP contribution >= 0.6 is 11.3 Å². The van der Waals surface area contributed by atoms with Gasteiger partial charge in [-0.05, 0) is 12.5 Å². The third kappa shape index (κ3) is 3.67. The first-order chi connectivity index (χ1) is 8.63. The highest BCUT2D eigenvalue weighted by atomic mass is 32.1. The Morgan fingerprint density at radius 3 is 2.72 bits per heavy atom. The second-order valence-electron chi connectivity index (χ2n) is 4.29. The van der Waals surface area contributed by atoms with Crippen molar-refractivity contribution in [2.24, 2.45) is 0 Å². The zero-order valence-corrected chi connectivity index (χ0v) is 11.0. The molecule has 0 spiro atoms. The van der Waals surface area contributed by atoms with Crippen molar-refractivity contribution >= 4 is 17.3 Å². The number of carboxylic acids is 1. The van der Waals surface area contributed by atoms with Gasteiger partial charge < -0.3 is 5.11 Å². The lowest BCUT2D eigenvalue weighted by Crippen LogP contribution is -1.98. The Hall–Kier alpha value is -1.68. The van der Waals surface area contributed by atoms with Crippen molar-refractivity contribution in [2.45, 2.75) is 26.2 Å². The number of nitrogens with zero attached hydrogens (tertiary/aromatic N) is 1. The van der Waals surface area contributed by atoms with Gasteiger partial charge in [-0.3, -0.25) is 4.79 Å². The highest BCUT2D eigenvalue weighted by Gasteiger charge is 2.05. The van der Waals surface area contributed by atoms with Crippen LogP contribution in [-0.4, -0.2) is 16.1 Å².